The van der Waals surface area contributed by atoms with Gasteiger partial charge < -0.3 is 84.9 Å². The molecule has 2 fully saturated rings. The number of nitrogens with two attached hydrogens (primary N) is 3. The van der Waals surface area contributed by atoms with Gasteiger partial charge in [0.25, 0.3) is 0 Å². The minimum atomic E-state index is -1.58. The molecule has 0 bridgehead atoms. The first-order valence-corrected chi connectivity index (χ1v) is 30.9. The van der Waals surface area contributed by atoms with Crippen molar-refractivity contribution in [2.45, 2.75) is 177 Å². The fraction of sp³-hybridized carbons (Fsp3) is 0.557. The fourth-order valence-electron chi connectivity index (χ4n) is 10.8. The number of para-hydroxylation sites is 1. The number of H-pyrrole nitrogens is 1. The zero-order valence-corrected chi connectivity index (χ0v) is 51.5. The first-order valence-electron chi connectivity index (χ1n) is 30.9. The van der Waals surface area contributed by atoms with Crippen LogP contribution < -0.4 is 59.7 Å². The van der Waals surface area contributed by atoms with E-state index in [0.717, 1.165) is 15.8 Å². The van der Waals surface area contributed by atoms with E-state index in [0.29, 0.717) is 24.0 Å². The third-order valence-electron chi connectivity index (χ3n) is 15.7. The molecule has 18 N–H and O–H groups in total. The number of carboxylic acids is 2. The summed E-state index contributed by atoms with van der Waals surface area (Å²) < 4.78 is 0. The first kappa shape index (κ1) is 72.6. The van der Waals surface area contributed by atoms with E-state index in [9.17, 15) is 68.1 Å². The van der Waals surface area contributed by atoms with E-state index in [1.54, 1.807) is 49.5 Å². The van der Waals surface area contributed by atoms with Crippen molar-refractivity contribution in [3.63, 3.8) is 0 Å². The molecule has 3 heterocycles. The zero-order chi connectivity index (χ0) is 66.6. The van der Waals surface area contributed by atoms with Crippen LogP contribution in [0.2, 0.25) is 0 Å². The molecule has 0 saturated carbocycles. The quantitative estimate of drug-likeness (QED) is 0.0227. The first-order chi connectivity index (χ1) is 43.5. The number of hydrogen-bond donors (Lipinski definition) is 15. The van der Waals surface area contributed by atoms with E-state index >= 15 is 4.79 Å². The maximum absolute atomic E-state index is 15.1. The summed E-state index contributed by atoms with van der Waals surface area (Å²) in [5, 5.41) is 52.3. The summed E-state index contributed by atoms with van der Waals surface area (Å²) in [6.07, 6.45) is 1.01. The minimum Gasteiger partial charge on any atom is -0.480 e. The van der Waals surface area contributed by atoms with Crippen LogP contribution in [0.15, 0.2) is 65.8 Å². The number of amides is 10. The van der Waals surface area contributed by atoms with Crippen molar-refractivity contribution >= 4 is 87.9 Å². The Morgan fingerprint density at radius 3 is 2.04 bits per heavy atom. The average Bonchev–Trinajstić information content (AvgIpc) is 1.80. The van der Waals surface area contributed by atoms with Crippen LogP contribution in [0.25, 0.3) is 10.9 Å². The molecule has 2 saturated heterocycles. The summed E-state index contributed by atoms with van der Waals surface area (Å²) in [6.45, 7) is 2.00. The number of nitrogens with zero attached hydrogens (tertiary/aromatic N) is 3. The third-order valence-corrected chi connectivity index (χ3v) is 15.7. The predicted octanol–water partition coefficient (Wildman–Crippen LogP) is -1.83. The number of aromatic nitrogens is 1. The average molecular weight is 1270 g/mol. The molecule has 2 aromatic carbocycles. The van der Waals surface area contributed by atoms with Gasteiger partial charge in [-0.05, 0) is 87.9 Å². The Labute approximate surface area is 527 Å². The second-order valence-corrected chi connectivity index (χ2v) is 22.9. The van der Waals surface area contributed by atoms with Crippen molar-refractivity contribution < 1.29 is 72.9 Å². The highest BCUT2D eigenvalue weighted by Crippen LogP contribution is 2.23. The molecular formula is C61H89N15O15. The van der Waals surface area contributed by atoms with E-state index in [2.05, 4.69) is 52.5 Å². The predicted molar refractivity (Wildman–Crippen MR) is 332 cm³/mol. The van der Waals surface area contributed by atoms with Gasteiger partial charge in [-0.2, -0.15) is 0 Å². The highest BCUT2D eigenvalue weighted by atomic mass is 16.4. The van der Waals surface area contributed by atoms with Crippen LogP contribution in [-0.4, -0.2) is 201 Å². The number of hydrogen-bond acceptors (Lipinski definition) is 15. The molecule has 30 heteroatoms. The molecule has 9 atom stereocenters. The smallest absolute Gasteiger partial charge is 0.317 e. The van der Waals surface area contributed by atoms with Crippen LogP contribution >= 0.6 is 0 Å². The van der Waals surface area contributed by atoms with Crippen molar-refractivity contribution in [2.24, 2.45) is 22.2 Å². The monoisotopic (exact) mass is 1270 g/mol. The van der Waals surface area contributed by atoms with Gasteiger partial charge >= 0.3 is 11.9 Å². The highest BCUT2D eigenvalue weighted by Gasteiger charge is 2.43. The SMILES string of the molecule is CCCCC(NC(=O)C(CCCCN(CC(=O)O)CC(=O)O)NC(=O)CC)C(=O)NC1CCC(=O)NCCCCC(C(N)=O)NC(=O)C(Cc2c[nH]c3ccccc23)NC(=O)C(CCCN=C(N)N)NC(=O)[C@@H](Cc2ccccc2)NC(=O)C2C[C@@H](O)CN2C1=O. The molecule has 0 spiro atoms. The largest absolute Gasteiger partial charge is 0.480 e. The lowest BCUT2D eigenvalue weighted by Crippen LogP contribution is -2.60. The molecule has 7 unspecified atom stereocenters. The number of aromatic amines is 1. The van der Waals surface area contributed by atoms with Crippen molar-refractivity contribution in [2.75, 3.05) is 39.3 Å². The molecule has 10 amide bonds. The van der Waals surface area contributed by atoms with Gasteiger partial charge in [-0.3, -0.25) is 67.4 Å². The molecule has 498 valence electrons. The summed E-state index contributed by atoms with van der Waals surface area (Å²) in [6, 6.07) is 4.72. The number of rotatable bonds is 27. The van der Waals surface area contributed by atoms with Crippen LogP contribution in [0.3, 0.4) is 0 Å². The molecule has 5 rings (SSSR count). The van der Waals surface area contributed by atoms with Gasteiger partial charge in [-0.15, -0.1) is 0 Å². The molecule has 0 radical (unpaired) electrons. The number of unbranched alkanes of at least 4 members (excludes halogenated alkanes) is 2. The third kappa shape index (κ3) is 24.3. The normalized spacial score (nSPS) is 21.5. The van der Waals surface area contributed by atoms with Crippen molar-refractivity contribution in [3.8, 4) is 0 Å². The Balaban J connectivity index is 1.49. The number of aliphatic carboxylic acids is 2. The van der Waals surface area contributed by atoms with Crippen LogP contribution in [-0.2, 0) is 70.4 Å². The summed E-state index contributed by atoms with van der Waals surface area (Å²) in [5.41, 5.74) is 19.0. The Hall–Kier alpha value is -9.19. The minimum absolute atomic E-state index is 0.00489. The number of carbonyl (C=O) groups excluding carboxylic acids is 10. The van der Waals surface area contributed by atoms with Gasteiger partial charge in [-0.25, -0.2) is 0 Å². The molecule has 30 nitrogen and oxygen atoms in total. The second-order valence-electron chi connectivity index (χ2n) is 22.9. The van der Waals surface area contributed by atoms with Crippen molar-refractivity contribution in [1.29, 1.82) is 0 Å². The Morgan fingerprint density at radius 1 is 0.725 bits per heavy atom. The Morgan fingerprint density at radius 2 is 1.36 bits per heavy atom. The number of aliphatic hydroxyl groups excluding tert-OH is 1. The van der Waals surface area contributed by atoms with Crippen LogP contribution in [0, 0.1) is 0 Å². The number of benzene rings is 2. The highest BCUT2D eigenvalue weighted by molar-refractivity contribution is 5.99. The summed E-state index contributed by atoms with van der Waals surface area (Å²) in [4.78, 5) is 174. The molecular weight excluding hydrogens is 1180 g/mol. The summed E-state index contributed by atoms with van der Waals surface area (Å²) in [5.74, 6) is -10.6. The molecule has 3 aromatic rings. The fourth-order valence-corrected chi connectivity index (χ4v) is 10.8. The number of nitrogens with one attached hydrogen (secondary N) is 9. The maximum Gasteiger partial charge on any atom is 0.317 e. The van der Waals surface area contributed by atoms with E-state index in [4.69, 9.17) is 17.2 Å². The van der Waals surface area contributed by atoms with Crippen LogP contribution in [0.1, 0.15) is 121 Å². The zero-order valence-electron chi connectivity index (χ0n) is 51.5. The number of carboxylic acid groups (broad SMARTS) is 2. The number of guanidine groups is 1. The Kier molecular flexibility index (Phi) is 29.6. The second kappa shape index (κ2) is 37.1. The van der Waals surface area contributed by atoms with Gasteiger partial charge in [0.05, 0.1) is 19.2 Å². The number of fused-ring (bicyclic) bond motifs is 2. The number of aliphatic imine (C=N–C) groups is 1. The van der Waals surface area contributed by atoms with Crippen LogP contribution in [0.5, 0.6) is 0 Å². The van der Waals surface area contributed by atoms with Crippen molar-refractivity contribution in [3.05, 3.63) is 71.9 Å². The topological polar surface area (TPSA) is 474 Å². The van der Waals surface area contributed by atoms with Gasteiger partial charge in [0.15, 0.2) is 5.96 Å². The maximum atomic E-state index is 15.1. The molecule has 91 heavy (non-hydrogen) atoms. The van der Waals surface area contributed by atoms with Gasteiger partial charge in [-0.1, -0.05) is 75.2 Å². The van der Waals surface area contributed by atoms with Gasteiger partial charge in [0.1, 0.15) is 48.3 Å². The number of carbonyl (C=O) groups is 12. The van der Waals surface area contributed by atoms with Crippen LogP contribution in [0.4, 0.5) is 0 Å². The summed E-state index contributed by atoms with van der Waals surface area (Å²) >= 11 is 0. The molecule has 2 aliphatic heterocycles. The van der Waals surface area contributed by atoms with E-state index in [1.165, 1.54) is 4.90 Å². The van der Waals surface area contributed by atoms with Gasteiger partial charge in [0, 0.05) is 68.8 Å². The number of primary amides is 1. The molecule has 2 aliphatic rings. The molecule has 0 aliphatic carbocycles. The molecule has 1 aromatic heterocycles. The standard InChI is InChI=1S/C61H89N15O15/c1-3-5-19-43(70-54(85)42(68-49(78)4-2)22-12-14-28-75(34-51(80)81)35-52(82)83)55(86)72-45-24-25-50(79)65-26-13-11-21-41(53(62)84)69-58(89)47(30-37-32-67-40-20-10-9-18-39(37)40)73-56(87)44(23-15-27-66-61(63)64)71-57(88)46(29-36-16-7-6-8-17-36)74-59(90)48-31-38(77)33-76(48)60(45)91/h6-10,16-18,20,32,38,41-48,67,77H,3-5,11-15,19,21-31,33-35H2,1-2H3,(H2,62,84)(H,65,79)(H,68,78)(H,69,89)(H,70,85)(H,71,88)(H,72,86)(H,73,87)(H,74,90)(H,80,81)(H,82,83)(H4,63,64,66)/t38-,41?,42?,43?,44?,45?,46-,47?,48?/m1/s1. The lowest BCUT2D eigenvalue weighted by molar-refractivity contribution is -0.143. The van der Waals surface area contributed by atoms with Gasteiger partial charge in [0.2, 0.25) is 59.1 Å². The lowest BCUT2D eigenvalue weighted by Gasteiger charge is -2.31. The van der Waals surface area contributed by atoms with E-state index in [-0.39, 0.29) is 122 Å². The van der Waals surface area contributed by atoms with E-state index in [1.807, 2.05) is 25.1 Å². The van der Waals surface area contributed by atoms with Crippen molar-refractivity contribution in [1.82, 2.24) is 57.3 Å². The Bertz CT molecular complexity index is 3010. The summed E-state index contributed by atoms with van der Waals surface area (Å²) in [7, 11) is 0. The lowest BCUT2D eigenvalue weighted by atomic mass is 10.0. The number of aliphatic hydroxyl groups is 1. The van der Waals surface area contributed by atoms with E-state index < -0.39 is 145 Å².